The lowest BCUT2D eigenvalue weighted by atomic mass is 9.97. The van der Waals surface area contributed by atoms with Crippen molar-refractivity contribution in [3.63, 3.8) is 0 Å². The second-order valence-electron chi connectivity index (χ2n) is 6.34. The molecule has 0 aromatic heterocycles. The van der Waals surface area contributed by atoms with E-state index in [-0.39, 0.29) is 11.6 Å². The van der Waals surface area contributed by atoms with Crippen LogP contribution in [-0.4, -0.2) is 30.8 Å². The molecule has 3 heteroatoms. The van der Waals surface area contributed by atoms with Crippen molar-refractivity contribution in [3.8, 4) is 0 Å². The van der Waals surface area contributed by atoms with Crippen LogP contribution >= 0.6 is 0 Å². The summed E-state index contributed by atoms with van der Waals surface area (Å²) < 4.78 is 0. The van der Waals surface area contributed by atoms with Gasteiger partial charge in [0.2, 0.25) is 0 Å². The van der Waals surface area contributed by atoms with Crippen LogP contribution in [0, 0.1) is 0 Å². The van der Waals surface area contributed by atoms with E-state index in [2.05, 4.69) is 37.9 Å². The smallest absolute Gasteiger partial charge is 0.0943 e. The van der Waals surface area contributed by atoms with E-state index in [1.807, 2.05) is 38.4 Å². The Bertz CT molecular complexity index is 379. The van der Waals surface area contributed by atoms with Crippen molar-refractivity contribution in [2.45, 2.75) is 51.8 Å². The van der Waals surface area contributed by atoms with Gasteiger partial charge in [0.05, 0.1) is 6.10 Å². The number of anilines is 1. The van der Waals surface area contributed by atoms with Gasteiger partial charge in [-0.2, -0.15) is 0 Å². The molecule has 3 nitrogen and oxygen atoms in total. The Morgan fingerprint density at radius 2 is 1.68 bits per heavy atom. The summed E-state index contributed by atoms with van der Waals surface area (Å²) in [5.74, 6) is 0. The minimum Gasteiger partial charge on any atom is -0.387 e. The van der Waals surface area contributed by atoms with Crippen molar-refractivity contribution in [1.82, 2.24) is 5.32 Å². The average Bonchev–Trinajstić information content (AvgIpc) is 2.34. The van der Waals surface area contributed by atoms with Crippen molar-refractivity contribution in [3.05, 3.63) is 29.8 Å². The fourth-order valence-corrected chi connectivity index (χ4v) is 2.16. The molecule has 2 atom stereocenters. The van der Waals surface area contributed by atoms with Gasteiger partial charge in [0.1, 0.15) is 0 Å². The van der Waals surface area contributed by atoms with Crippen molar-refractivity contribution in [2.75, 3.05) is 19.0 Å². The molecule has 0 aliphatic heterocycles. The molecule has 0 saturated heterocycles. The van der Waals surface area contributed by atoms with Gasteiger partial charge in [0.25, 0.3) is 0 Å². The highest BCUT2D eigenvalue weighted by Crippen LogP contribution is 2.23. The normalized spacial score (nSPS) is 15.1. The Labute approximate surface area is 117 Å². The zero-order valence-corrected chi connectivity index (χ0v) is 13.1. The number of nitrogens with zero attached hydrogens (tertiary/aromatic N) is 1. The third-order valence-electron chi connectivity index (χ3n) is 3.19. The summed E-state index contributed by atoms with van der Waals surface area (Å²) in [7, 11) is 4.03. The van der Waals surface area contributed by atoms with Gasteiger partial charge in [0, 0.05) is 31.4 Å². The maximum atomic E-state index is 10.5. The Morgan fingerprint density at radius 1 is 1.16 bits per heavy atom. The Hall–Kier alpha value is -1.06. The van der Waals surface area contributed by atoms with Crippen LogP contribution in [0.25, 0.3) is 0 Å². The molecule has 0 aliphatic carbocycles. The number of nitrogens with one attached hydrogen (secondary N) is 1. The topological polar surface area (TPSA) is 35.5 Å². The van der Waals surface area contributed by atoms with E-state index in [0.29, 0.717) is 0 Å². The molecule has 1 rings (SSSR count). The van der Waals surface area contributed by atoms with Gasteiger partial charge >= 0.3 is 0 Å². The van der Waals surface area contributed by atoms with Crippen molar-refractivity contribution < 1.29 is 5.11 Å². The summed E-state index contributed by atoms with van der Waals surface area (Å²) in [5.41, 5.74) is 2.12. The monoisotopic (exact) mass is 264 g/mol. The molecule has 0 bridgehead atoms. The largest absolute Gasteiger partial charge is 0.387 e. The zero-order valence-electron chi connectivity index (χ0n) is 13.1. The first-order valence-corrected chi connectivity index (χ1v) is 6.97. The molecule has 1 aromatic rings. The van der Waals surface area contributed by atoms with Crippen LogP contribution in [0.15, 0.2) is 24.3 Å². The van der Waals surface area contributed by atoms with Crippen LogP contribution in [0.4, 0.5) is 5.69 Å². The minimum absolute atomic E-state index is 0.00519. The van der Waals surface area contributed by atoms with Crippen LogP contribution in [0.3, 0.4) is 0 Å². The van der Waals surface area contributed by atoms with E-state index in [9.17, 15) is 5.11 Å². The summed E-state index contributed by atoms with van der Waals surface area (Å²) in [6.07, 6.45) is 0.425. The first-order chi connectivity index (χ1) is 8.74. The highest BCUT2D eigenvalue weighted by atomic mass is 16.3. The minimum atomic E-state index is -0.472. The fourth-order valence-electron chi connectivity index (χ4n) is 2.16. The molecule has 0 fully saturated rings. The van der Waals surface area contributed by atoms with E-state index in [4.69, 9.17) is 0 Å². The molecule has 2 unspecified atom stereocenters. The lowest BCUT2D eigenvalue weighted by molar-refractivity contribution is 0.111. The molecule has 1 aromatic carbocycles. The van der Waals surface area contributed by atoms with Crippen molar-refractivity contribution in [2.24, 2.45) is 0 Å². The summed E-state index contributed by atoms with van der Waals surface area (Å²) in [6.45, 7) is 8.47. The zero-order chi connectivity index (χ0) is 14.6. The van der Waals surface area contributed by atoms with Crippen molar-refractivity contribution in [1.29, 1.82) is 0 Å². The second kappa shape index (κ2) is 6.40. The summed E-state index contributed by atoms with van der Waals surface area (Å²) in [4.78, 5) is 2.06. The van der Waals surface area contributed by atoms with Gasteiger partial charge in [-0.15, -0.1) is 0 Å². The molecule has 0 spiro atoms. The Balaban J connectivity index is 2.82. The number of hydrogen-bond donors (Lipinski definition) is 2. The summed E-state index contributed by atoms with van der Waals surface area (Å²) >= 11 is 0. The summed E-state index contributed by atoms with van der Waals surface area (Å²) in [5, 5.41) is 14.0. The molecule has 19 heavy (non-hydrogen) atoms. The number of hydrogen-bond acceptors (Lipinski definition) is 3. The van der Waals surface area contributed by atoms with Crippen LogP contribution in [0.5, 0.6) is 0 Å². The first-order valence-electron chi connectivity index (χ1n) is 6.97. The van der Waals surface area contributed by atoms with Gasteiger partial charge < -0.3 is 15.3 Å². The number of aliphatic hydroxyl groups is 1. The van der Waals surface area contributed by atoms with E-state index in [1.165, 1.54) is 0 Å². The van der Waals surface area contributed by atoms with Crippen LogP contribution in [0.2, 0.25) is 0 Å². The van der Waals surface area contributed by atoms with Gasteiger partial charge in [-0.1, -0.05) is 19.1 Å². The van der Waals surface area contributed by atoms with E-state index in [1.54, 1.807) is 0 Å². The SMILES string of the molecule is CCC(NC(C)(C)C)C(O)c1ccc(N(C)C)cc1. The molecule has 108 valence electrons. The van der Waals surface area contributed by atoms with E-state index in [0.717, 1.165) is 17.7 Å². The predicted molar refractivity (Wildman–Crippen MR) is 82.7 cm³/mol. The number of rotatable bonds is 5. The molecular weight excluding hydrogens is 236 g/mol. The maximum absolute atomic E-state index is 10.5. The van der Waals surface area contributed by atoms with Gasteiger partial charge in [0.15, 0.2) is 0 Å². The lowest BCUT2D eigenvalue weighted by Gasteiger charge is -2.31. The van der Waals surface area contributed by atoms with Gasteiger partial charge in [-0.25, -0.2) is 0 Å². The maximum Gasteiger partial charge on any atom is 0.0943 e. The van der Waals surface area contributed by atoms with Crippen molar-refractivity contribution >= 4 is 5.69 Å². The summed E-state index contributed by atoms with van der Waals surface area (Å²) in [6, 6.07) is 8.18. The molecule has 0 heterocycles. The Kier molecular flexibility index (Phi) is 5.39. The fraction of sp³-hybridized carbons (Fsp3) is 0.625. The third-order valence-corrected chi connectivity index (χ3v) is 3.19. The highest BCUT2D eigenvalue weighted by Gasteiger charge is 2.23. The molecule has 0 radical (unpaired) electrons. The lowest BCUT2D eigenvalue weighted by Crippen LogP contribution is -2.46. The average molecular weight is 264 g/mol. The van der Waals surface area contributed by atoms with Crippen LogP contribution in [-0.2, 0) is 0 Å². The van der Waals surface area contributed by atoms with E-state index >= 15 is 0 Å². The first kappa shape index (κ1) is 16.0. The van der Waals surface area contributed by atoms with Gasteiger partial charge in [-0.3, -0.25) is 0 Å². The van der Waals surface area contributed by atoms with Crippen LogP contribution < -0.4 is 10.2 Å². The number of benzene rings is 1. The van der Waals surface area contributed by atoms with Crippen LogP contribution in [0.1, 0.15) is 45.8 Å². The number of aliphatic hydroxyl groups excluding tert-OH is 1. The Morgan fingerprint density at radius 3 is 2.05 bits per heavy atom. The molecule has 0 saturated carbocycles. The molecular formula is C16H28N2O. The van der Waals surface area contributed by atoms with E-state index < -0.39 is 6.10 Å². The second-order valence-corrected chi connectivity index (χ2v) is 6.34. The molecule has 0 aliphatic rings. The third kappa shape index (κ3) is 4.84. The molecule has 2 N–H and O–H groups in total. The molecule has 0 amide bonds. The standard InChI is InChI=1S/C16H28N2O/c1-7-14(17-16(2,3)4)15(19)12-8-10-13(11-9-12)18(5)6/h8-11,14-15,17,19H,7H2,1-6H3. The quantitative estimate of drug-likeness (QED) is 0.858. The highest BCUT2D eigenvalue weighted by molar-refractivity contribution is 5.46. The predicted octanol–water partition coefficient (Wildman–Crippen LogP) is 2.95. The van der Waals surface area contributed by atoms with Gasteiger partial charge in [-0.05, 0) is 44.9 Å².